The normalized spacial score (nSPS) is 14.5. The second-order valence-corrected chi connectivity index (χ2v) is 18.0. The van der Waals surface area contributed by atoms with Gasteiger partial charge in [0.2, 0.25) is 0 Å². The Bertz CT molecular complexity index is 2730. The van der Waals surface area contributed by atoms with Crippen LogP contribution in [0.2, 0.25) is 0 Å². The summed E-state index contributed by atoms with van der Waals surface area (Å²) in [6.45, 7) is 13.8. The number of benzene rings is 8. The van der Waals surface area contributed by atoms with Crippen LogP contribution in [0.1, 0.15) is 87.3 Å². The Morgan fingerprint density at radius 2 is 0.984 bits per heavy atom. The second-order valence-electron chi connectivity index (χ2n) is 18.0. The van der Waals surface area contributed by atoms with Gasteiger partial charge in [-0.1, -0.05) is 181 Å². The van der Waals surface area contributed by atoms with E-state index in [2.05, 4.69) is 247 Å². The van der Waals surface area contributed by atoms with Crippen LogP contribution in [-0.2, 0) is 10.8 Å². The van der Waals surface area contributed by atoms with Crippen molar-refractivity contribution in [3.05, 3.63) is 234 Å². The summed E-state index contributed by atoms with van der Waals surface area (Å²) in [7, 11) is 0. The molecule has 1 aliphatic carbocycles. The van der Waals surface area contributed by atoms with Gasteiger partial charge in [-0.15, -0.1) is 0 Å². The third-order valence-electron chi connectivity index (χ3n) is 12.6. The molecule has 0 N–H and O–H groups in total. The number of nitrogens with zero attached hydrogens (tertiary/aromatic N) is 1. The molecule has 0 saturated carbocycles. The lowest BCUT2D eigenvalue weighted by Crippen LogP contribution is -2.29. The predicted octanol–water partition coefficient (Wildman–Crippen LogP) is 16.4. The Morgan fingerprint density at radius 3 is 1.61 bits per heavy atom. The van der Waals surface area contributed by atoms with E-state index in [1.165, 1.54) is 55.6 Å². The molecular formula is C59H55NO. The number of fused-ring (bicyclic) bond motifs is 3. The third-order valence-corrected chi connectivity index (χ3v) is 12.6. The highest BCUT2D eigenvalue weighted by molar-refractivity contribution is 5.89. The number of rotatable bonds is 12. The van der Waals surface area contributed by atoms with Gasteiger partial charge in [0.05, 0.1) is 5.41 Å². The van der Waals surface area contributed by atoms with Crippen molar-refractivity contribution in [3.63, 3.8) is 0 Å². The molecule has 9 rings (SSSR count). The van der Waals surface area contributed by atoms with Crippen molar-refractivity contribution in [2.24, 2.45) is 5.92 Å². The van der Waals surface area contributed by atoms with Crippen molar-refractivity contribution in [1.82, 2.24) is 0 Å². The van der Waals surface area contributed by atoms with Crippen molar-refractivity contribution < 1.29 is 4.74 Å². The van der Waals surface area contributed by atoms with E-state index in [1.54, 1.807) is 0 Å². The van der Waals surface area contributed by atoms with Gasteiger partial charge < -0.3 is 9.64 Å². The molecule has 1 unspecified atom stereocenters. The summed E-state index contributed by atoms with van der Waals surface area (Å²) >= 11 is 0. The van der Waals surface area contributed by atoms with Gasteiger partial charge in [-0.05, 0) is 140 Å². The fourth-order valence-corrected chi connectivity index (χ4v) is 9.79. The molecule has 0 aromatic heterocycles. The van der Waals surface area contributed by atoms with Crippen molar-refractivity contribution in [1.29, 1.82) is 0 Å². The van der Waals surface area contributed by atoms with E-state index < -0.39 is 5.41 Å². The summed E-state index contributed by atoms with van der Waals surface area (Å²) in [4.78, 5) is 2.39. The molecule has 8 aromatic rings. The highest BCUT2D eigenvalue weighted by Crippen LogP contribution is 2.57. The fourth-order valence-electron chi connectivity index (χ4n) is 9.79. The first-order valence-corrected chi connectivity index (χ1v) is 21.9. The molecule has 61 heavy (non-hydrogen) atoms. The minimum atomic E-state index is -0.584. The topological polar surface area (TPSA) is 12.5 Å². The maximum Gasteiger partial charge on any atom is 0.127 e. The molecule has 0 heterocycles. The summed E-state index contributed by atoms with van der Waals surface area (Å²) in [5, 5.41) is 0. The lowest BCUT2D eigenvalue weighted by Gasteiger charge is -2.35. The van der Waals surface area contributed by atoms with Gasteiger partial charge in [-0.25, -0.2) is 0 Å². The Balaban J connectivity index is 1.17. The molecule has 2 heteroatoms. The van der Waals surface area contributed by atoms with Crippen LogP contribution >= 0.6 is 0 Å². The molecule has 0 fully saturated rings. The number of ether oxygens (including phenoxy) is 1. The number of hydrogen-bond donors (Lipinski definition) is 0. The quantitative estimate of drug-likeness (QED) is 0.122. The standard InChI is InChI=1S/C59H55NO/c1-41(2)40-58(5,6)46-27-34-52(35-28-46)61-53-36-29-48(30-37-53)59(47-25-21-43(22-26-47)42(3)4)56-20-14-13-19-54(56)55-38-33-51(39-57(55)59)60(49-17-11-8-12-18-49)50-31-23-45(24-32-50)44-15-9-7-10-16-44/h7-39,41-42H,40H2,1-6H3. The van der Waals surface area contributed by atoms with Crippen molar-refractivity contribution in [2.75, 3.05) is 4.90 Å². The van der Waals surface area contributed by atoms with Gasteiger partial charge in [0.1, 0.15) is 11.5 Å². The van der Waals surface area contributed by atoms with Crippen LogP contribution in [0.15, 0.2) is 200 Å². The molecule has 2 nitrogen and oxygen atoms in total. The predicted molar refractivity (Wildman–Crippen MR) is 257 cm³/mol. The molecule has 1 aliphatic rings. The molecule has 0 spiro atoms. The highest BCUT2D eigenvalue weighted by Gasteiger charge is 2.46. The molecule has 0 amide bonds. The average molecular weight is 794 g/mol. The minimum Gasteiger partial charge on any atom is -0.457 e. The van der Waals surface area contributed by atoms with Crippen LogP contribution in [-0.4, -0.2) is 0 Å². The molecule has 1 atom stereocenters. The highest BCUT2D eigenvalue weighted by atomic mass is 16.5. The van der Waals surface area contributed by atoms with Gasteiger partial charge in [0, 0.05) is 17.1 Å². The summed E-state index contributed by atoms with van der Waals surface area (Å²) < 4.78 is 6.54. The molecule has 8 aromatic carbocycles. The number of anilines is 3. The third kappa shape index (κ3) is 7.57. The monoisotopic (exact) mass is 793 g/mol. The zero-order valence-corrected chi connectivity index (χ0v) is 36.3. The first-order valence-electron chi connectivity index (χ1n) is 21.9. The van der Waals surface area contributed by atoms with Gasteiger partial charge in [0.15, 0.2) is 0 Å². The first-order chi connectivity index (χ1) is 29.6. The Labute approximate surface area is 363 Å². The molecule has 0 saturated heterocycles. The van der Waals surface area contributed by atoms with Crippen LogP contribution in [0.25, 0.3) is 22.3 Å². The largest absolute Gasteiger partial charge is 0.457 e. The van der Waals surface area contributed by atoms with Crippen LogP contribution in [0.3, 0.4) is 0 Å². The summed E-state index contributed by atoms with van der Waals surface area (Å²) in [5.74, 6) is 2.72. The zero-order valence-electron chi connectivity index (χ0n) is 36.3. The molecular weight excluding hydrogens is 739 g/mol. The first kappa shape index (κ1) is 39.8. The van der Waals surface area contributed by atoms with E-state index >= 15 is 0 Å². The summed E-state index contributed by atoms with van der Waals surface area (Å²) in [6.07, 6.45) is 1.14. The molecule has 0 aliphatic heterocycles. The van der Waals surface area contributed by atoms with Crippen molar-refractivity contribution in [3.8, 4) is 33.8 Å². The van der Waals surface area contributed by atoms with Gasteiger partial charge in [-0.2, -0.15) is 0 Å². The second kappa shape index (κ2) is 16.4. The van der Waals surface area contributed by atoms with Gasteiger partial charge in [0.25, 0.3) is 0 Å². The zero-order chi connectivity index (χ0) is 42.1. The van der Waals surface area contributed by atoms with E-state index in [9.17, 15) is 0 Å². The smallest absolute Gasteiger partial charge is 0.127 e. The average Bonchev–Trinajstić information content (AvgIpc) is 3.58. The number of hydrogen-bond acceptors (Lipinski definition) is 2. The Morgan fingerprint density at radius 1 is 0.475 bits per heavy atom. The summed E-state index contributed by atoms with van der Waals surface area (Å²) in [5.41, 5.74) is 15.4. The maximum atomic E-state index is 6.54. The van der Waals surface area contributed by atoms with Gasteiger partial charge in [-0.3, -0.25) is 0 Å². The minimum absolute atomic E-state index is 0.106. The fraction of sp³-hybridized carbons (Fsp3) is 0.186. The van der Waals surface area contributed by atoms with Crippen molar-refractivity contribution in [2.45, 2.75) is 64.7 Å². The number of para-hydroxylation sites is 1. The maximum absolute atomic E-state index is 6.54. The lowest BCUT2D eigenvalue weighted by atomic mass is 9.67. The lowest BCUT2D eigenvalue weighted by molar-refractivity contribution is 0.399. The van der Waals surface area contributed by atoms with Crippen LogP contribution < -0.4 is 9.64 Å². The Kier molecular flexibility index (Phi) is 10.7. The van der Waals surface area contributed by atoms with Gasteiger partial charge >= 0.3 is 0 Å². The van der Waals surface area contributed by atoms with Crippen LogP contribution in [0.5, 0.6) is 11.5 Å². The van der Waals surface area contributed by atoms with E-state index in [0.29, 0.717) is 11.8 Å². The SMILES string of the molecule is CC(C)CC(C)(C)c1ccc(Oc2ccc(C3(c4ccc(C(C)C)cc4)c4ccccc4-c4ccc(N(c5ccccc5)c5ccc(-c6ccccc6)cc5)cc43)cc2)cc1. The van der Waals surface area contributed by atoms with E-state index in [1.807, 2.05) is 0 Å². The van der Waals surface area contributed by atoms with Crippen LogP contribution in [0, 0.1) is 5.92 Å². The molecule has 0 radical (unpaired) electrons. The summed E-state index contributed by atoms with van der Waals surface area (Å²) in [6, 6.07) is 73.2. The van der Waals surface area contributed by atoms with Crippen LogP contribution in [0.4, 0.5) is 17.1 Å². The van der Waals surface area contributed by atoms with E-state index in [-0.39, 0.29) is 5.41 Å². The van der Waals surface area contributed by atoms with E-state index in [0.717, 1.165) is 35.0 Å². The Hall–Kier alpha value is -6.64. The van der Waals surface area contributed by atoms with E-state index in [4.69, 9.17) is 4.74 Å². The van der Waals surface area contributed by atoms with Crippen molar-refractivity contribution >= 4 is 17.1 Å². The molecule has 0 bridgehead atoms. The molecule has 302 valence electrons.